The number of benzene rings is 1. The average Bonchev–Trinajstić information content (AvgIpc) is 2.48. The molecule has 5 heteroatoms. The number of aromatic nitrogens is 2. The molecular weight excluding hydrogens is 316 g/mol. The summed E-state index contributed by atoms with van der Waals surface area (Å²) in [5.41, 5.74) is 2.30. The van der Waals surface area contributed by atoms with Crippen LogP contribution in [0.4, 0.5) is 11.5 Å². The molecule has 0 radical (unpaired) electrons. The lowest BCUT2D eigenvalue weighted by Crippen LogP contribution is -1.95. The number of nitriles is 1. The second-order valence-corrected chi connectivity index (χ2v) is 5.12. The molecule has 0 unspecified atom stereocenters. The molecule has 20 heavy (non-hydrogen) atoms. The molecule has 3 rings (SSSR count). The monoisotopic (exact) mass is 324 g/mol. The zero-order valence-corrected chi connectivity index (χ0v) is 11.9. The zero-order chi connectivity index (χ0) is 13.9. The molecular formula is C15H9BrN4. The van der Waals surface area contributed by atoms with E-state index in [-0.39, 0.29) is 0 Å². The Hall–Kier alpha value is -2.45. The van der Waals surface area contributed by atoms with Crippen LogP contribution in [0.3, 0.4) is 0 Å². The molecule has 0 fully saturated rings. The van der Waals surface area contributed by atoms with Gasteiger partial charge in [-0.15, -0.1) is 0 Å². The maximum Gasteiger partial charge on any atom is 0.130 e. The summed E-state index contributed by atoms with van der Waals surface area (Å²) in [6.45, 7) is 0. The van der Waals surface area contributed by atoms with Gasteiger partial charge in [0.2, 0.25) is 0 Å². The summed E-state index contributed by atoms with van der Waals surface area (Å²) in [5, 5.41) is 13.0. The van der Waals surface area contributed by atoms with Crippen LogP contribution >= 0.6 is 15.9 Å². The van der Waals surface area contributed by atoms with E-state index in [0.29, 0.717) is 11.4 Å². The first kappa shape index (κ1) is 12.6. The highest BCUT2D eigenvalue weighted by molar-refractivity contribution is 9.10. The molecule has 1 aromatic carbocycles. The van der Waals surface area contributed by atoms with E-state index in [4.69, 9.17) is 5.26 Å². The van der Waals surface area contributed by atoms with Crippen molar-refractivity contribution in [2.75, 3.05) is 5.32 Å². The van der Waals surface area contributed by atoms with Crippen LogP contribution in [0.5, 0.6) is 0 Å². The highest BCUT2D eigenvalue weighted by atomic mass is 79.9. The number of para-hydroxylation sites is 1. The maximum absolute atomic E-state index is 8.76. The molecule has 3 aromatic rings. The van der Waals surface area contributed by atoms with Crippen LogP contribution in [0.15, 0.2) is 53.3 Å². The Morgan fingerprint density at radius 1 is 1.10 bits per heavy atom. The van der Waals surface area contributed by atoms with Crippen LogP contribution in [0.25, 0.3) is 10.9 Å². The minimum Gasteiger partial charge on any atom is -0.338 e. The van der Waals surface area contributed by atoms with Gasteiger partial charge in [0.1, 0.15) is 11.9 Å². The topological polar surface area (TPSA) is 61.6 Å². The van der Waals surface area contributed by atoms with Crippen molar-refractivity contribution in [3.05, 3.63) is 58.8 Å². The molecule has 0 saturated carbocycles. The lowest BCUT2D eigenvalue weighted by atomic mass is 10.2. The molecule has 0 saturated heterocycles. The van der Waals surface area contributed by atoms with Gasteiger partial charge in [0.25, 0.3) is 0 Å². The Morgan fingerprint density at radius 3 is 2.75 bits per heavy atom. The second kappa shape index (κ2) is 5.27. The van der Waals surface area contributed by atoms with Crippen molar-refractivity contribution in [2.24, 2.45) is 0 Å². The Morgan fingerprint density at radius 2 is 2.00 bits per heavy atom. The van der Waals surface area contributed by atoms with Gasteiger partial charge in [-0.05, 0) is 40.2 Å². The zero-order valence-electron chi connectivity index (χ0n) is 10.3. The smallest absolute Gasteiger partial charge is 0.130 e. The number of halogens is 1. The molecule has 0 amide bonds. The predicted molar refractivity (Wildman–Crippen MR) is 81.7 cm³/mol. The summed E-state index contributed by atoms with van der Waals surface area (Å²) in [5.74, 6) is 0.682. The Labute approximate surface area is 124 Å². The van der Waals surface area contributed by atoms with Gasteiger partial charge in [0, 0.05) is 22.3 Å². The van der Waals surface area contributed by atoms with Crippen LogP contribution in [0, 0.1) is 11.3 Å². The van der Waals surface area contributed by atoms with Crippen molar-refractivity contribution < 1.29 is 0 Å². The van der Waals surface area contributed by atoms with Crippen LogP contribution in [0.2, 0.25) is 0 Å². The van der Waals surface area contributed by atoms with Gasteiger partial charge in [-0.1, -0.05) is 12.1 Å². The van der Waals surface area contributed by atoms with Crippen molar-refractivity contribution in [1.29, 1.82) is 5.26 Å². The van der Waals surface area contributed by atoms with Crippen LogP contribution in [-0.4, -0.2) is 9.97 Å². The third-order valence-corrected chi connectivity index (χ3v) is 3.27. The predicted octanol–water partition coefficient (Wildman–Crippen LogP) is 4.01. The molecule has 0 atom stereocenters. The number of nitrogens with one attached hydrogen (secondary N) is 1. The third kappa shape index (κ3) is 2.46. The van der Waals surface area contributed by atoms with Crippen molar-refractivity contribution in [2.45, 2.75) is 0 Å². The maximum atomic E-state index is 8.76. The number of nitrogens with zero attached hydrogens (tertiary/aromatic N) is 3. The quantitative estimate of drug-likeness (QED) is 0.773. The first-order chi connectivity index (χ1) is 9.76. The summed E-state index contributed by atoms with van der Waals surface area (Å²) in [4.78, 5) is 8.62. The summed E-state index contributed by atoms with van der Waals surface area (Å²) >= 11 is 3.41. The molecule has 1 N–H and O–H groups in total. The standard InChI is InChI=1S/C15H9BrN4/c16-12-6-11-2-1-3-13(15(11)19-9-12)20-14-5-4-10(7-17)8-18-14/h1-6,8-9H,(H,18,20). The van der Waals surface area contributed by atoms with Crippen molar-refractivity contribution in [3.63, 3.8) is 0 Å². The Kier molecular flexibility index (Phi) is 3.32. The minimum atomic E-state index is 0.538. The Bertz CT molecular complexity index is 806. The van der Waals surface area contributed by atoms with Crippen LogP contribution in [0.1, 0.15) is 5.56 Å². The van der Waals surface area contributed by atoms with Gasteiger partial charge in [0.15, 0.2) is 0 Å². The summed E-state index contributed by atoms with van der Waals surface area (Å²) < 4.78 is 0.943. The highest BCUT2D eigenvalue weighted by Crippen LogP contribution is 2.25. The number of hydrogen-bond acceptors (Lipinski definition) is 4. The molecule has 2 heterocycles. The number of pyridine rings is 2. The molecule has 0 aliphatic carbocycles. The SMILES string of the molecule is N#Cc1ccc(Nc2cccc3cc(Br)cnc23)nc1. The van der Waals surface area contributed by atoms with Gasteiger partial charge in [-0.2, -0.15) is 5.26 Å². The third-order valence-electron chi connectivity index (χ3n) is 2.83. The molecule has 0 bridgehead atoms. The van der Waals surface area contributed by atoms with E-state index in [1.165, 1.54) is 6.20 Å². The fourth-order valence-electron chi connectivity index (χ4n) is 1.91. The van der Waals surface area contributed by atoms with E-state index in [1.54, 1.807) is 18.3 Å². The van der Waals surface area contributed by atoms with Gasteiger partial charge in [0.05, 0.1) is 16.8 Å². The van der Waals surface area contributed by atoms with Gasteiger partial charge >= 0.3 is 0 Å². The van der Waals surface area contributed by atoms with E-state index in [0.717, 1.165) is 21.1 Å². The lowest BCUT2D eigenvalue weighted by molar-refractivity contribution is 1.28. The van der Waals surface area contributed by atoms with E-state index >= 15 is 0 Å². The molecule has 0 spiro atoms. The van der Waals surface area contributed by atoms with Crippen LogP contribution in [-0.2, 0) is 0 Å². The van der Waals surface area contributed by atoms with Gasteiger partial charge in [-0.3, -0.25) is 4.98 Å². The second-order valence-electron chi connectivity index (χ2n) is 4.20. The number of rotatable bonds is 2. The van der Waals surface area contributed by atoms with E-state index < -0.39 is 0 Å². The van der Waals surface area contributed by atoms with E-state index in [2.05, 4.69) is 31.2 Å². The van der Waals surface area contributed by atoms with Crippen LogP contribution < -0.4 is 5.32 Å². The number of fused-ring (bicyclic) bond motifs is 1. The molecule has 2 aromatic heterocycles. The van der Waals surface area contributed by atoms with E-state index in [1.807, 2.05) is 30.3 Å². The van der Waals surface area contributed by atoms with E-state index in [9.17, 15) is 0 Å². The molecule has 0 aliphatic rings. The molecule has 4 nitrogen and oxygen atoms in total. The number of anilines is 2. The Balaban J connectivity index is 2.00. The van der Waals surface area contributed by atoms with Crippen molar-refractivity contribution in [3.8, 4) is 6.07 Å². The first-order valence-electron chi connectivity index (χ1n) is 5.94. The molecule has 96 valence electrons. The summed E-state index contributed by atoms with van der Waals surface area (Å²) in [7, 11) is 0. The fraction of sp³-hybridized carbons (Fsp3) is 0. The highest BCUT2D eigenvalue weighted by Gasteiger charge is 2.04. The fourth-order valence-corrected chi connectivity index (χ4v) is 2.26. The molecule has 0 aliphatic heterocycles. The minimum absolute atomic E-state index is 0.538. The first-order valence-corrected chi connectivity index (χ1v) is 6.73. The lowest BCUT2D eigenvalue weighted by Gasteiger charge is -2.08. The summed E-state index contributed by atoms with van der Waals surface area (Å²) in [6.07, 6.45) is 3.30. The normalized spacial score (nSPS) is 10.2. The summed E-state index contributed by atoms with van der Waals surface area (Å²) in [6, 6.07) is 13.5. The van der Waals surface area contributed by atoms with Crippen molar-refractivity contribution in [1.82, 2.24) is 9.97 Å². The van der Waals surface area contributed by atoms with Gasteiger partial charge in [-0.25, -0.2) is 4.98 Å². The van der Waals surface area contributed by atoms with Gasteiger partial charge < -0.3 is 5.32 Å². The number of hydrogen-bond donors (Lipinski definition) is 1. The average molecular weight is 325 g/mol. The largest absolute Gasteiger partial charge is 0.338 e. The van der Waals surface area contributed by atoms with Crippen molar-refractivity contribution >= 4 is 38.3 Å².